The molecule has 2 aromatic rings. The van der Waals surface area contributed by atoms with Crippen molar-refractivity contribution in [2.24, 2.45) is 0 Å². The molecule has 1 N–H and O–H groups in total. The summed E-state index contributed by atoms with van der Waals surface area (Å²) in [6.07, 6.45) is 3.95. The highest BCUT2D eigenvalue weighted by atomic mass is 35.5. The summed E-state index contributed by atoms with van der Waals surface area (Å²) in [4.78, 5) is 10.9. The summed E-state index contributed by atoms with van der Waals surface area (Å²) >= 11 is 7.83. The van der Waals surface area contributed by atoms with Crippen LogP contribution in [-0.2, 0) is 6.42 Å². The summed E-state index contributed by atoms with van der Waals surface area (Å²) in [5, 5.41) is 4.51. The van der Waals surface area contributed by atoms with Gasteiger partial charge in [0.1, 0.15) is 9.98 Å². The van der Waals surface area contributed by atoms with Crippen molar-refractivity contribution in [3.63, 3.8) is 0 Å². The van der Waals surface area contributed by atoms with Gasteiger partial charge in [0, 0.05) is 16.8 Å². The van der Waals surface area contributed by atoms with Gasteiger partial charge in [-0.15, -0.1) is 17.9 Å². The van der Waals surface area contributed by atoms with E-state index in [0.717, 1.165) is 23.1 Å². The highest BCUT2D eigenvalue weighted by Gasteiger charge is 2.09. The van der Waals surface area contributed by atoms with Crippen LogP contribution in [0.25, 0.3) is 10.2 Å². The number of rotatable bonds is 5. The normalized spacial score (nSPS) is 10.7. The molecule has 0 atom stereocenters. The maximum Gasteiger partial charge on any atom is 0.225 e. The number of hydrogen-bond acceptors (Lipinski definition) is 4. The topological polar surface area (TPSA) is 37.8 Å². The Morgan fingerprint density at radius 3 is 3.06 bits per heavy atom. The molecule has 0 aliphatic heterocycles. The van der Waals surface area contributed by atoms with Gasteiger partial charge >= 0.3 is 0 Å². The van der Waals surface area contributed by atoms with Crippen LogP contribution in [0.5, 0.6) is 0 Å². The maximum absolute atomic E-state index is 6.14. The van der Waals surface area contributed by atoms with Gasteiger partial charge in [-0.1, -0.05) is 31.0 Å². The van der Waals surface area contributed by atoms with E-state index < -0.39 is 0 Å². The van der Waals surface area contributed by atoms with Gasteiger partial charge in [0.05, 0.1) is 0 Å². The summed E-state index contributed by atoms with van der Waals surface area (Å²) in [6, 6.07) is 2.09. The average molecular weight is 268 g/mol. The molecule has 0 fully saturated rings. The second kappa shape index (κ2) is 5.47. The van der Waals surface area contributed by atoms with Crippen molar-refractivity contribution < 1.29 is 0 Å². The van der Waals surface area contributed by atoms with Crippen LogP contribution in [0.3, 0.4) is 0 Å². The minimum atomic E-state index is 0.514. The van der Waals surface area contributed by atoms with Gasteiger partial charge in [0.2, 0.25) is 5.95 Å². The lowest BCUT2D eigenvalue weighted by Crippen LogP contribution is -2.02. The van der Waals surface area contributed by atoms with Crippen LogP contribution in [0.15, 0.2) is 18.7 Å². The fourth-order valence-corrected chi connectivity index (χ4v) is 2.96. The zero-order valence-electron chi connectivity index (χ0n) is 9.66. The minimum Gasteiger partial charge on any atom is -0.351 e. The summed E-state index contributed by atoms with van der Waals surface area (Å²) in [6.45, 7) is 6.44. The molecule has 0 bridgehead atoms. The van der Waals surface area contributed by atoms with Gasteiger partial charge in [-0.3, -0.25) is 0 Å². The Kier molecular flexibility index (Phi) is 3.97. The number of nitrogens with one attached hydrogen (secondary N) is 1. The predicted molar refractivity (Wildman–Crippen MR) is 75.1 cm³/mol. The highest BCUT2D eigenvalue weighted by Crippen LogP contribution is 2.30. The Bertz CT molecular complexity index is 536. The van der Waals surface area contributed by atoms with E-state index in [9.17, 15) is 0 Å². The molecule has 2 rings (SSSR count). The van der Waals surface area contributed by atoms with E-state index in [1.54, 1.807) is 17.4 Å². The molecule has 2 aromatic heterocycles. The van der Waals surface area contributed by atoms with Crippen LogP contribution in [0.4, 0.5) is 5.95 Å². The molecule has 0 unspecified atom stereocenters. The van der Waals surface area contributed by atoms with Crippen LogP contribution in [0.1, 0.15) is 18.2 Å². The lowest BCUT2D eigenvalue weighted by atomic mass is 10.3. The molecule has 0 saturated carbocycles. The van der Waals surface area contributed by atoms with Crippen molar-refractivity contribution in [1.29, 1.82) is 0 Å². The number of thiophene rings is 1. The van der Waals surface area contributed by atoms with Gasteiger partial charge < -0.3 is 5.32 Å². The smallest absolute Gasteiger partial charge is 0.225 e. The molecule has 90 valence electrons. The van der Waals surface area contributed by atoms with Gasteiger partial charge in [0.15, 0.2) is 0 Å². The number of aromatic nitrogens is 2. The standard InChI is InChI=1S/C12H14ClN3S/c1-3-5-8-7-9-10(13)15-12(14-6-4-2)16-11(9)17-8/h4,7H,2-3,5-6H2,1H3,(H,14,15,16). The fourth-order valence-electron chi connectivity index (χ4n) is 1.55. The largest absolute Gasteiger partial charge is 0.351 e. The quantitative estimate of drug-likeness (QED) is 0.660. The first-order valence-electron chi connectivity index (χ1n) is 5.55. The van der Waals surface area contributed by atoms with Crippen LogP contribution in [-0.4, -0.2) is 16.5 Å². The molecule has 0 spiro atoms. The van der Waals surface area contributed by atoms with Crippen molar-refractivity contribution >= 4 is 39.1 Å². The number of nitrogens with zero attached hydrogens (tertiary/aromatic N) is 2. The monoisotopic (exact) mass is 267 g/mol. The minimum absolute atomic E-state index is 0.514. The van der Waals surface area contributed by atoms with Crippen LogP contribution >= 0.6 is 22.9 Å². The molecule has 3 nitrogen and oxygen atoms in total. The summed E-state index contributed by atoms with van der Waals surface area (Å²) in [5.41, 5.74) is 0. The van der Waals surface area contributed by atoms with Crippen LogP contribution in [0.2, 0.25) is 5.15 Å². The molecule has 0 aliphatic rings. The molecule has 0 saturated heterocycles. The van der Waals surface area contributed by atoms with Crippen molar-refractivity contribution in [3.8, 4) is 0 Å². The second-order valence-electron chi connectivity index (χ2n) is 3.69. The summed E-state index contributed by atoms with van der Waals surface area (Å²) < 4.78 is 0. The molecular weight excluding hydrogens is 254 g/mol. The Hall–Kier alpha value is -1.13. The van der Waals surface area contributed by atoms with Crippen molar-refractivity contribution in [1.82, 2.24) is 9.97 Å². The van der Waals surface area contributed by atoms with Gasteiger partial charge in [0.25, 0.3) is 0 Å². The third-order valence-corrected chi connectivity index (χ3v) is 3.68. The van der Waals surface area contributed by atoms with Gasteiger partial charge in [-0.2, -0.15) is 0 Å². The van der Waals surface area contributed by atoms with E-state index in [2.05, 4.69) is 34.9 Å². The molecule has 17 heavy (non-hydrogen) atoms. The SMILES string of the molecule is C=CCNc1nc(Cl)c2cc(CCC)sc2n1. The van der Waals surface area contributed by atoms with Crippen LogP contribution in [0, 0.1) is 0 Å². The zero-order valence-corrected chi connectivity index (χ0v) is 11.2. The number of hydrogen-bond donors (Lipinski definition) is 1. The van der Waals surface area contributed by atoms with Crippen molar-refractivity contribution in [2.45, 2.75) is 19.8 Å². The Morgan fingerprint density at radius 2 is 2.35 bits per heavy atom. The second-order valence-corrected chi connectivity index (χ2v) is 5.16. The van der Waals surface area contributed by atoms with E-state index in [-0.39, 0.29) is 0 Å². The number of anilines is 1. The number of aryl methyl sites for hydroxylation is 1. The molecular formula is C12H14ClN3S. The van der Waals surface area contributed by atoms with E-state index in [1.807, 2.05) is 0 Å². The molecule has 0 aromatic carbocycles. The third kappa shape index (κ3) is 2.76. The maximum atomic E-state index is 6.14. The number of halogens is 1. The van der Waals surface area contributed by atoms with Crippen LogP contribution < -0.4 is 5.32 Å². The molecule has 0 aliphatic carbocycles. The lowest BCUT2D eigenvalue weighted by Gasteiger charge is -2.01. The summed E-state index contributed by atoms with van der Waals surface area (Å²) in [7, 11) is 0. The van der Waals surface area contributed by atoms with Gasteiger partial charge in [-0.05, 0) is 12.5 Å². The highest BCUT2D eigenvalue weighted by molar-refractivity contribution is 7.18. The fraction of sp³-hybridized carbons (Fsp3) is 0.333. The van der Waals surface area contributed by atoms with E-state index in [4.69, 9.17) is 11.6 Å². The molecule has 0 amide bonds. The molecule has 5 heteroatoms. The predicted octanol–water partition coefficient (Wildman–Crippen LogP) is 3.90. The third-order valence-electron chi connectivity index (χ3n) is 2.30. The molecule has 0 radical (unpaired) electrons. The van der Waals surface area contributed by atoms with Gasteiger partial charge in [-0.25, -0.2) is 9.97 Å². The summed E-state index contributed by atoms with van der Waals surface area (Å²) in [5.74, 6) is 0.562. The first-order valence-corrected chi connectivity index (χ1v) is 6.74. The Labute approximate surface area is 110 Å². The Morgan fingerprint density at radius 1 is 1.53 bits per heavy atom. The lowest BCUT2D eigenvalue weighted by molar-refractivity contribution is 0.940. The average Bonchev–Trinajstić information content (AvgIpc) is 2.70. The zero-order chi connectivity index (χ0) is 12.3. The first kappa shape index (κ1) is 12.3. The van der Waals surface area contributed by atoms with E-state index in [1.165, 1.54) is 4.88 Å². The van der Waals surface area contributed by atoms with Crippen molar-refractivity contribution in [2.75, 3.05) is 11.9 Å². The first-order chi connectivity index (χ1) is 8.24. The van der Waals surface area contributed by atoms with E-state index in [0.29, 0.717) is 17.6 Å². The number of fused-ring (bicyclic) bond motifs is 1. The molecule has 2 heterocycles. The van der Waals surface area contributed by atoms with Crippen molar-refractivity contribution in [3.05, 3.63) is 28.8 Å². The van der Waals surface area contributed by atoms with E-state index >= 15 is 0 Å². The Balaban J connectivity index is 2.38.